The Labute approximate surface area is 424 Å². The number of halogens is 4. The van der Waals surface area contributed by atoms with Gasteiger partial charge in [-0.2, -0.15) is 0 Å². The van der Waals surface area contributed by atoms with Crippen molar-refractivity contribution in [2.75, 3.05) is 0 Å². The largest absolute Gasteiger partial charge is 0.573 e. The molecule has 0 amide bonds. The van der Waals surface area contributed by atoms with E-state index in [0.29, 0.717) is 24.0 Å². The number of rotatable bonds is 16. The molecule has 0 unspecified atom stereocenters. The number of unbranched alkanes of at least 4 members (excludes halogenated alkanes) is 2. The van der Waals surface area contributed by atoms with E-state index < -0.39 is 6.36 Å². The summed E-state index contributed by atoms with van der Waals surface area (Å²) in [6, 6.07) is 41.4. The molecular formula is C64H82F4O3. The third-order valence-corrected chi connectivity index (χ3v) is 16.6. The van der Waals surface area contributed by atoms with Crippen LogP contribution in [0.1, 0.15) is 183 Å². The number of hydrogen-bond donors (Lipinski definition) is 0. The second-order valence-electron chi connectivity index (χ2n) is 21.4. The minimum absolute atomic E-state index is 0.200. The van der Waals surface area contributed by atoms with E-state index in [9.17, 15) is 17.6 Å². The van der Waals surface area contributed by atoms with Crippen molar-refractivity contribution in [2.24, 2.45) is 35.5 Å². The lowest BCUT2D eigenvalue weighted by Gasteiger charge is -2.38. The summed E-state index contributed by atoms with van der Waals surface area (Å²) in [5.41, 5.74) is 4.38. The third kappa shape index (κ3) is 18.3. The number of hydrogen-bond acceptors (Lipinski definition) is 3. The highest BCUT2D eigenvalue weighted by molar-refractivity contribution is 5.34. The van der Waals surface area contributed by atoms with Crippen LogP contribution in [0.2, 0.25) is 0 Å². The molecule has 0 bridgehead atoms. The molecule has 7 heteroatoms. The Morgan fingerprint density at radius 1 is 0.437 bits per heavy atom. The smallest absolute Gasteiger partial charge is 0.489 e. The van der Waals surface area contributed by atoms with Crippen LogP contribution in [-0.4, -0.2) is 6.36 Å². The lowest BCUT2D eigenvalue weighted by molar-refractivity contribution is -0.274. The van der Waals surface area contributed by atoms with Crippen molar-refractivity contribution in [3.63, 3.8) is 0 Å². The molecule has 4 aliphatic rings. The predicted octanol–water partition coefficient (Wildman–Crippen LogP) is 19.4. The first-order valence-electron chi connectivity index (χ1n) is 27.6. The molecule has 0 heterocycles. The highest BCUT2D eigenvalue weighted by Gasteiger charge is 2.33. The number of ether oxygens (including phenoxy) is 3. The molecule has 5 aromatic rings. The van der Waals surface area contributed by atoms with Gasteiger partial charge in [0.1, 0.15) is 36.3 Å². The fourth-order valence-corrected chi connectivity index (χ4v) is 12.4. The van der Waals surface area contributed by atoms with Gasteiger partial charge in [0.25, 0.3) is 0 Å². The second kappa shape index (κ2) is 28.5. The standard InChI is InChI=1S/C30H41FO.C28H35F3O2.C6H6/c1-2-3-4-6-23-9-13-25(14-10-23)26-15-17-27(18-16-26)28-7-5-8-30(21-28)32-22-24-11-19-29(31)20-12-24;1-2-20-9-11-22(12-10-20)23-13-15-24(16-14-23)25-6-4-7-26(18-25)32-19-21-5-3-8-27(17-21)33-28(29,30)31;1-2-4-6-5-3-1/h5,7-8,11-12,19-21,23,25-27H,2-4,6,9-10,13-18,22H2,1H3;3-8,17-18,20,22-24H,2,9-16,19H2,1H3;1-6H. The summed E-state index contributed by atoms with van der Waals surface area (Å²) < 4.78 is 66.4. The highest BCUT2D eigenvalue weighted by atomic mass is 19.4. The van der Waals surface area contributed by atoms with E-state index >= 15 is 0 Å². The summed E-state index contributed by atoms with van der Waals surface area (Å²) >= 11 is 0. The first-order valence-corrected chi connectivity index (χ1v) is 27.6. The van der Waals surface area contributed by atoms with Crippen LogP contribution in [0.15, 0.2) is 133 Å². The Balaban J connectivity index is 0.000000186. The minimum Gasteiger partial charge on any atom is -0.489 e. The molecular weight excluding hydrogens is 893 g/mol. The van der Waals surface area contributed by atoms with Gasteiger partial charge in [0.05, 0.1) is 0 Å². The molecule has 0 aromatic heterocycles. The second-order valence-corrected chi connectivity index (χ2v) is 21.4. The van der Waals surface area contributed by atoms with Crippen molar-refractivity contribution < 1.29 is 31.8 Å². The Morgan fingerprint density at radius 3 is 1.34 bits per heavy atom. The SMILES string of the molecule is CCC1CCC(C2CCC(c3cccc(OCc4cccc(OC(F)(F)F)c4)c3)CC2)CC1.CCCCCC1CCC(C2CCC(c3cccc(OCc4ccc(F)cc4)c3)CC2)CC1.c1ccccc1. The van der Waals surface area contributed by atoms with Gasteiger partial charge in [0.15, 0.2) is 0 Å². The monoisotopic (exact) mass is 975 g/mol. The van der Waals surface area contributed by atoms with Crippen molar-refractivity contribution in [3.8, 4) is 17.2 Å². The number of benzene rings is 5. The zero-order valence-electron chi connectivity index (χ0n) is 42.8. The van der Waals surface area contributed by atoms with Crippen molar-refractivity contribution in [2.45, 2.75) is 180 Å². The Bertz CT molecular complexity index is 2180. The average Bonchev–Trinajstić information content (AvgIpc) is 3.41. The van der Waals surface area contributed by atoms with Crippen LogP contribution in [-0.2, 0) is 13.2 Å². The number of alkyl halides is 3. The zero-order valence-corrected chi connectivity index (χ0v) is 42.8. The summed E-state index contributed by atoms with van der Waals surface area (Å²) in [5, 5.41) is 0. The Morgan fingerprint density at radius 2 is 0.873 bits per heavy atom. The molecule has 0 N–H and O–H groups in total. The fourth-order valence-electron chi connectivity index (χ4n) is 12.4. The summed E-state index contributed by atoms with van der Waals surface area (Å²) in [6.07, 6.45) is 24.5. The van der Waals surface area contributed by atoms with Crippen LogP contribution in [0.25, 0.3) is 0 Å². The van der Waals surface area contributed by atoms with Crippen LogP contribution in [0.4, 0.5) is 17.6 Å². The fraction of sp³-hybridized carbons (Fsp3) is 0.531. The summed E-state index contributed by atoms with van der Waals surface area (Å²) in [6.45, 7) is 5.32. The molecule has 4 saturated carbocycles. The van der Waals surface area contributed by atoms with E-state index in [4.69, 9.17) is 9.47 Å². The maximum Gasteiger partial charge on any atom is 0.573 e. The lowest BCUT2D eigenvalue weighted by atomic mass is 9.68. The quantitative estimate of drug-likeness (QED) is 0.0728. The van der Waals surface area contributed by atoms with Gasteiger partial charge in [-0.25, -0.2) is 4.39 Å². The summed E-state index contributed by atoms with van der Waals surface area (Å²) in [5.74, 6) is 8.25. The molecule has 0 atom stereocenters. The molecule has 71 heavy (non-hydrogen) atoms. The Hall–Kier alpha value is -4.78. The van der Waals surface area contributed by atoms with E-state index in [-0.39, 0.29) is 18.2 Å². The summed E-state index contributed by atoms with van der Waals surface area (Å²) in [4.78, 5) is 0. The lowest BCUT2D eigenvalue weighted by Crippen LogP contribution is -2.25. The van der Waals surface area contributed by atoms with Gasteiger partial charge in [-0.3, -0.25) is 0 Å². The van der Waals surface area contributed by atoms with Gasteiger partial charge in [-0.1, -0.05) is 157 Å². The molecule has 4 fully saturated rings. The first-order chi connectivity index (χ1) is 34.6. The third-order valence-electron chi connectivity index (χ3n) is 16.6. The highest BCUT2D eigenvalue weighted by Crippen LogP contribution is 2.46. The molecule has 384 valence electrons. The molecule has 0 saturated heterocycles. The van der Waals surface area contributed by atoms with Crippen LogP contribution in [0, 0.1) is 41.3 Å². The summed E-state index contributed by atoms with van der Waals surface area (Å²) in [7, 11) is 0. The molecule has 0 spiro atoms. The van der Waals surface area contributed by atoms with E-state index in [1.54, 1.807) is 24.3 Å². The Kier molecular flexibility index (Phi) is 21.6. The zero-order chi connectivity index (χ0) is 49.7. The van der Waals surface area contributed by atoms with Gasteiger partial charge in [-0.15, -0.1) is 13.2 Å². The van der Waals surface area contributed by atoms with Crippen molar-refractivity contribution in [1.29, 1.82) is 0 Å². The van der Waals surface area contributed by atoms with E-state index in [2.05, 4.69) is 48.9 Å². The van der Waals surface area contributed by atoms with Crippen molar-refractivity contribution >= 4 is 0 Å². The molecule has 5 aromatic carbocycles. The van der Waals surface area contributed by atoms with Gasteiger partial charge in [-0.05, 0) is 195 Å². The van der Waals surface area contributed by atoms with Crippen molar-refractivity contribution in [3.05, 3.63) is 162 Å². The molecule has 9 rings (SSSR count). The van der Waals surface area contributed by atoms with Crippen LogP contribution in [0.3, 0.4) is 0 Å². The molecule has 0 radical (unpaired) electrons. The van der Waals surface area contributed by atoms with E-state index in [0.717, 1.165) is 52.6 Å². The van der Waals surface area contributed by atoms with E-state index in [1.807, 2.05) is 54.6 Å². The maximum absolute atomic E-state index is 13.1. The molecule has 0 aliphatic heterocycles. The van der Waals surface area contributed by atoms with E-state index in [1.165, 1.54) is 170 Å². The van der Waals surface area contributed by atoms with Gasteiger partial charge < -0.3 is 14.2 Å². The van der Waals surface area contributed by atoms with Gasteiger partial charge in [0.2, 0.25) is 0 Å². The maximum atomic E-state index is 13.1. The van der Waals surface area contributed by atoms with Crippen LogP contribution >= 0.6 is 0 Å². The average molecular weight is 975 g/mol. The molecule has 4 aliphatic carbocycles. The van der Waals surface area contributed by atoms with Crippen molar-refractivity contribution in [1.82, 2.24) is 0 Å². The molecule has 3 nitrogen and oxygen atoms in total. The topological polar surface area (TPSA) is 27.7 Å². The van der Waals surface area contributed by atoms with Gasteiger partial charge >= 0.3 is 6.36 Å². The minimum atomic E-state index is -4.69. The first kappa shape index (κ1) is 54.0. The van der Waals surface area contributed by atoms with Gasteiger partial charge in [0, 0.05) is 0 Å². The van der Waals surface area contributed by atoms with Crippen LogP contribution in [0.5, 0.6) is 17.2 Å². The van der Waals surface area contributed by atoms with Crippen LogP contribution < -0.4 is 14.2 Å². The normalized spacial score (nSPS) is 24.5. The predicted molar refractivity (Wildman–Crippen MR) is 282 cm³/mol.